The van der Waals surface area contributed by atoms with Crippen molar-refractivity contribution < 1.29 is 14.7 Å². The first-order valence-corrected chi connectivity index (χ1v) is 14.0. The van der Waals surface area contributed by atoms with E-state index in [1.165, 1.54) is 0 Å². The van der Waals surface area contributed by atoms with E-state index in [-0.39, 0.29) is 24.0 Å². The average molecular weight is 532 g/mol. The average Bonchev–Trinajstić information content (AvgIpc) is 3.27. The van der Waals surface area contributed by atoms with E-state index in [0.717, 1.165) is 18.4 Å². The highest BCUT2D eigenvalue weighted by Crippen LogP contribution is 2.34. The van der Waals surface area contributed by atoms with Crippen molar-refractivity contribution in [3.63, 3.8) is 0 Å². The number of carbonyl (C=O) groups excluding carboxylic acids is 2. The van der Waals surface area contributed by atoms with Gasteiger partial charge in [-0.2, -0.15) is 0 Å². The SMILES string of the molecule is O=C(NCCCn1c(C(=O)N2CCNCC2)c(-c2ccccc2)n(C2CCCC[C@@H]2O)c1=O)c1ccccc1. The Morgan fingerprint density at radius 1 is 0.949 bits per heavy atom. The first-order chi connectivity index (χ1) is 19.1. The van der Waals surface area contributed by atoms with Crippen molar-refractivity contribution in [2.24, 2.45) is 0 Å². The van der Waals surface area contributed by atoms with Gasteiger partial charge in [-0.1, -0.05) is 61.4 Å². The van der Waals surface area contributed by atoms with E-state index < -0.39 is 12.1 Å². The highest BCUT2D eigenvalue weighted by Gasteiger charge is 2.35. The molecular weight excluding hydrogens is 494 g/mol. The van der Waals surface area contributed by atoms with Gasteiger partial charge in [0.25, 0.3) is 11.8 Å². The van der Waals surface area contributed by atoms with Crippen LogP contribution in [0.25, 0.3) is 11.3 Å². The Morgan fingerprint density at radius 3 is 2.31 bits per heavy atom. The van der Waals surface area contributed by atoms with E-state index >= 15 is 0 Å². The summed E-state index contributed by atoms with van der Waals surface area (Å²) >= 11 is 0. The number of aromatic nitrogens is 2. The number of nitrogens with zero attached hydrogens (tertiary/aromatic N) is 3. The second-order valence-corrected chi connectivity index (χ2v) is 10.3. The van der Waals surface area contributed by atoms with Crippen LogP contribution >= 0.6 is 0 Å². The molecule has 2 amide bonds. The molecule has 2 aliphatic rings. The van der Waals surface area contributed by atoms with Gasteiger partial charge in [-0.15, -0.1) is 0 Å². The molecule has 1 aliphatic carbocycles. The van der Waals surface area contributed by atoms with Gasteiger partial charge in [0.15, 0.2) is 0 Å². The summed E-state index contributed by atoms with van der Waals surface area (Å²) in [6, 6.07) is 18.1. The van der Waals surface area contributed by atoms with Crippen molar-refractivity contribution >= 4 is 11.8 Å². The van der Waals surface area contributed by atoms with Crippen LogP contribution in [0.3, 0.4) is 0 Å². The highest BCUT2D eigenvalue weighted by atomic mass is 16.3. The molecule has 2 fully saturated rings. The Kier molecular flexibility index (Phi) is 8.58. The van der Waals surface area contributed by atoms with Crippen molar-refractivity contribution in [3.05, 3.63) is 82.4 Å². The van der Waals surface area contributed by atoms with Gasteiger partial charge in [0.1, 0.15) is 5.69 Å². The number of amides is 2. The minimum Gasteiger partial charge on any atom is -0.391 e. The van der Waals surface area contributed by atoms with Crippen LogP contribution in [0.5, 0.6) is 0 Å². The summed E-state index contributed by atoms with van der Waals surface area (Å²) in [5, 5.41) is 17.2. The second-order valence-electron chi connectivity index (χ2n) is 10.3. The normalized spacial score (nSPS) is 19.6. The van der Waals surface area contributed by atoms with E-state index in [2.05, 4.69) is 10.6 Å². The van der Waals surface area contributed by atoms with Crippen LogP contribution in [-0.2, 0) is 6.54 Å². The van der Waals surface area contributed by atoms with Crippen LogP contribution in [0.15, 0.2) is 65.5 Å². The maximum atomic E-state index is 14.1. The number of hydrogen-bond acceptors (Lipinski definition) is 5. The Bertz CT molecular complexity index is 1330. The molecule has 2 aromatic carbocycles. The first kappa shape index (κ1) is 26.9. The fraction of sp³-hybridized carbons (Fsp3) is 0.433. The molecule has 1 aliphatic heterocycles. The molecule has 2 atom stereocenters. The molecular formula is C30H37N5O4. The summed E-state index contributed by atoms with van der Waals surface area (Å²) in [4.78, 5) is 42.5. The molecule has 1 saturated heterocycles. The Hall–Kier alpha value is -3.69. The minimum atomic E-state index is -0.651. The third-order valence-corrected chi connectivity index (χ3v) is 7.73. The molecule has 9 heteroatoms. The number of hydrogen-bond donors (Lipinski definition) is 3. The smallest absolute Gasteiger partial charge is 0.329 e. The number of rotatable bonds is 8. The van der Waals surface area contributed by atoms with E-state index in [0.29, 0.717) is 68.9 Å². The Labute approximate surface area is 228 Å². The number of nitrogens with one attached hydrogen (secondary N) is 2. The Morgan fingerprint density at radius 2 is 1.62 bits per heavy atom. The maximum absolute atomic E-state index is 14.1. The largest absolute Gasteiger partial charge is 0.391 e. The van der Waals surface area contributed by atoms with Gasteiger partial charge >= 0.3 is 5.69 Å². The Balaban J connectivity index is 1.51. The van der Waals surface area contributed by atoms with Gasteiger partial charge in [-0.25, -0.2) is 4.79 Å². The molecule has 3 aromatic rings. The fourth-order valence-electron chi connectivity index (χ4n) is 5.71. The molecule has 1 saturated carbocycles. The molecule has 5 rings (SSSR count). The molecule has 3 N–H and O–H groups in total. The number of piperazine rings is 1. The number of aliphatic hydroxyl groups excluding tert-OH is 1. The number of aliphatic hydroxyl groups is 1. The lowest BCUT2D eigenvalue weighted by Gasteiger charge is -2.30. The van der Waals surface area contributed by atoms with Gasteiger partial charge in [-0.3, -0.25) is 18.7 Å². The van der Waals surface area contributed by atoms with E-state index in [4.69, 9.17) is 0 Å². The van der Waals surface area contributed by atoms with Gasteiger partial charge in [0.2, 0.25) is 0 Å². The van der Waals surface area contributed by atoms with Crippen LogP contribution in [0, 0.1) is 0 Å². The van der Waals surface area contributed by atoms with Crippen LogP contribution in [0.1, 0.15) is 59.0 Å². The third kappa shape index (κ3) is 5.84. The molecule has 0 radical (unpaired) electrons. The monoisotopic (exact) mass is 531 g/mol. The van der Waals surface area contributed by atoms with E-state index in [9.17, 15) is 19.5 Å². The van der Waals surface area contributed by atoms with Crippen molar-refractivity contribution in [2.45, 2.75) is 50.8 Å². The lowest BCUT2D eigenvalue weighted by atomic mass is 9.92. The molecule has 206 valence electrons. The van der Waals surface area contributed by atoms with Crippen molar-refractivity contribution in [2.75, 3.05) is 32.7 Å². The number of benzene rings is 2. The van der Waals surface area contributed by atoms with Gasteiger partial charge < -0.3 is 20.6 Å². The fourth-order valence-corrected chi connectivity index (χ4v) is 5.71. The molecule has 1 unspecified atom stereocenters. The van der Waals surface area contributed by atoms with Crippen molar-refractivity contribution in [1.29, 1.82) is 0 Å². The van der Waals surface area contributed by atoms with Gasteiger partial charge in [0.05, 0.1) is 17.8 Å². The zero-order valence-corrected chi connectivity index (χ0v) is 22.2. The van der Waals surface area contributed by atoms with E-state index in [1.807, 2.05) is 48.5 Å². The summed E-state index contributed by atoms with van der Waals surface area (Å²) in [5.74, 6) is -0.349. The topological polar surface area (TPSA) is 109 Å². The molecule has 1 aromatic heterocycles. The quantitative estimate of drug-likeness (QED) is 0.388. The molecule has 0 spiro atoms. The van der Waals surface area contributed by atoms with Crippen LogP contribution in [-0.4, -0.2) is 69.8 Å². The number of carbonyl (C=O) groups is 2. The van der Waals surface area contributed by atoms with Crippen molar-refractivity contribution in [3.8, 4) is 11.3 Å². The zero-order chi connectivity index (χ0) is 27.2. The summed E-state index contributed by atoms with van der Waals surface area (Å²) in [6.07, 6.45) is 2.97. The van der Waals surface area contributed by atoms with Gasteiger partial charge in [0, 0.05) is 50.4 Å². The zero-order valence-electron chi connectivity index (χ0n) is 22.2. The molecule has 0 bridgehead atoms. The van der Waals surface area contributed by atoms with E-state index in [1.54, 1.807) is 26.2 Å². The molecule has 9 nitrogen and oxygen atoms in total. The summed E-state index contributed by atoms with van der Waals surface area (Å²) in [5.41, 5.74) is 2.01. The third-order valence-electron chi connectivity index (χ3n) is 7.73. The summed E-state index contributed by atoms with van der Waals surface area (Å²) in [7, 11) is 0. The predicted molar refractivity (Wildman–Crippen MR) is 150 cm³/mol. The van der Waals surface area contributed by atoms with Gasteiger partial charge in [-0.05, 0) is 31.4 Å². The molecule has 2 heterocycles. The van der Waals surface area contributed by atoms with Crippen LogP contribution in [0.2, 0.25) is 0 Å². The summed E-state index contributed by atoms with van der Waals surface area (Å²) in [6.45, 7) is 3.15. The van der Waals surface area contributed by atoms with Crippen LogP contribution < -0.4 is 16.3 Å². The lowest BCUT2D eigenvalue weighted by molar-refractivity contribution is 0.0719. The van der Waals surface area contributed by atoms with Crippen molar-refractivity contribution in [1.82, 2.24) is 24.7 Å². The highest BCUT2D eigenvalue weighted by molar-refractivity contribution is 5.99. The number of imidazole rings is 1. The van der Waals surface area contributed by atoms with Crippen LogP contribution in [0.4, 0.5) is 0 Å². The maximum Gasteiger partial charge on any atom is 0.329 e. The lowest BCUT2D eigenvalue weighted by Crippen LogP contribution is -2.47. The standard InChI is InChI=1S/C30H37N5O4/c36-25-15-8-7-14-24(25)35-26(22-10-3-1-4-11-22)27(29(38)33-20-17-31-18-21-33)34(30(35)39)19-9-16-32-28(37)23-12-5-2-6-13-23/h1-6,10-13,24-25,31,36H,7-9,14-21H2,(H,32,37)/t24?,25-/m0/s1. The predicted octanol–water partition coefficient (Wildman–Crippen LogP) is 2.66. The summed E-state index contributed by atoms with van der Waals surface area (Å²) < 4.78 is 3.25. The first-order valence-electron chi connectivity index (χ1n) is 14.0. The molecule has 39 heavy (non-hydrogen) atoms. The second kappa shape index (κ2) is 12.4. The minimum absolute atomic E-state index is 0.173.